The number of hydrogen-bond acceptors (Lipinski definition) is 2. The minimum Gasteiger partial charge on any atom is -0.481 e. The van der Waals surface area contributed by atoms with Crippen molar-refractivity contribution in [2.45, 2.75) is 51.4 Å². The number of carbonyl (C=O) groups excluding carboxylic acids is 1. The zero-order valence-corrected chi connectivity index (χ0v) is 10.7. The van der Waals surface area contributed by atoms with Crippen molar-refractivity contribution < 1.29 is 14.7 Å². The lowest BCUT2D eigenvalue weighted by molar-refractivity contribution is -0.138. The Morgan fingerprint density at radius 3 is 2.47 bits per heavy atom. The molecule has 0 aliphatic heterocycles. The van der Waals surface area contributed by atoms with E-state index in [1.54, 1.807) is 7.05 Å². The van der Waals surface area contributed by atoms with Gasteiger partial charge < -0.3 is 10.0 Å². The van der Waals surface area contributed by atoms with Gasteiger partial charge in [-0.3, -0.25) is 9.59 Å². The smallest absolute Gasteiger partial charge is 0.305 e. The van der Waals surface area contributed by atoms with Gasteiger partial charge in [-0.2, -0.15) is 0 Å². The Balaban J connectivity index is 2.08. The largest absolute Gasteiger partial charge is 0.481 e. The summed E-state index contributed by atoms with van der Waals surface area (Å²) in [5.74, 6) is 0.0481. The summed E-state index contributed by atoms with van der Waals surface area (Å²) >= 11 is 0. The van der Waals surface area contributed by atoms with Gasteiger partial charge >= 0.3 is 5.97 Å². The number of carboxylic acids is 1. The molecule has 0 aromatic carbocycles. The van der Waals surface area contributed by atoms with E-state index in [4.69, 9.17) is 5.11 Å². The molecule has 98 valence electrons. The van der Waals surface area contributed by atoms with Crippen LogP contribution in [-0.4, -0.2) is 35.5 Å². The van der Waals surface area contributed by atoms with Crippen molar-refractivity contribution in [3.63, 3.8) is 0 Å². The van der Waals surface area contributed by atoms with Gasteiger partial charge in [0, 0.05) is 20.0 Å². The minimum atomic E-state index is -0.851. The fourth-order valence-corrected chi connectivity index (χ4v) is 2.42. The third-order valence-electron chi connectivity index (χ3n) is 3.56. The molecular weight excluding hydrogens is 218 g/mol. The van der Waals surface area contributed by atoms with Gasteiger partial charge in [-0.05, 0) is 18.8 Å². The Morgan fingerprint density at radius 1 is 1.24 bits per heavy atom. The molecule has 1 amide bonds. The van der Waals surface area contributed by atoms with Gasteiger partial charge in [0.15, 0.2) is 0 Å². The van der Waals surface area contributed by atoms with Crippen molar-refractivity contribution in [3.05, 3.63) is 0 Å². The van der Waals surface area contributed by atoms with E-state index < -0.39 is 5.97 Å². The fraction of sp³-hybridized carbons (Fsp3) is 0.846. The molecule has 1 fully saturated rings. The topological polar surface area (TPSA) is 57.6 Å². The monoisotopic (exact) mass is 241 g/mol. The maximum Gasteiger partial charge on any atom is 0.305 e. The van der Waals surface area contributed by atoms with Crippen LogP contribution in [0.5, 0.6) is 0 Å². The number of amides is 1. The molecule has 0 unspecified atom stereocenters. The lowest BCUT2D eigenvalue weighted by atomic mass is 10.0. The van der Waals surface area contributed by atoms with Crippen molar-refractivity contribution in [3.8, 4) is 0 Å². The van der Waals surface area contributed by atoms with Gasteiger partial charge in [0.25, 0.3) is 0 Å². The molecule has 0 atom stereocenters. The second-order valence-electron chi connectivity index (χ2n) is 5.00. The van der Waals surface area contributed by atoms with Crippen molar-refractivity contribution in [2.24, 2.45) is 5.92 Å². The number of aliphatic carboxylic acids is 1. The first-order valence-corrected chi connectivity index (χ1v) is 6.55. The van der Waals surface area contributed by atoms with E-state index in [9.17, 15) is 9.59 Å². The van der Waals surface area contributed by atoms with Crippen LogP contribution in [0.1, 0.15) is 51.4 Å². The van der Waals surface area contributed by atoms with Gasteiger partial charge in [0.1, 0.15) is 0 Å². The maximum atomic E-state index is 11.7. The lowest BCUT2D eigenvalue weighted by Gasteiger charge is -2.16. The zero-order chi connectivity index (χ0) is 12.7. The summed E-state index contributed by atoms with van der Waals surface area (Å²) in [5, 5.41) is 8.53. The molecule has 1 aliphatic carbocycles. The quantitative estimate of drug-likeness (QED) is 0.744. The molecule has 0 spiro atoms. The number of carboxylic acid groups (broad SMARTS) is 1. The summed E-state index contributed by atoms with van der Waals surface area (Å²) in [6.45, 7) is 0.317. The summed E-state index contributed by atoms with van der Waals surface area (Å²) < 4.78 is 0. The molecule has 0 saturated heterocycles. The number of nitrogens with zero attached hydrogens (tertiary/aromatic N) is 1. The molecule has 0 radical (unpaired) electrons. The third-order valence-corrected chi connectivity index (χ3v) is 3.56. The summed E-state index contributed by atoms with van der Waals surface area (Å²) in [6, 6.07) is 0. The molecule has 17 heavy (non-hydrogen) atoms. The van der Waals surface area contributed by atoms with Gasteiger partial charge in [-0.25, -0.2) is 0 Å². The Bertz CT molecular complexity index is 259. The summed E-state index contributed by atoms with van der Waals surface area (Å²) in [4.78, 5) is 23.6. The van der Waals surface area contributed by atoms with Gasteiger partial charge in [0.05, 0.1) is 6.42 Å². The second-order valence-corrected chi connectivity index (χ2v) is 5.00. The van der Waals surface area contributed by atoms with Crippen LogP contribution >= 0.6 is 0 Å². The van der Waals surface area contributed by atoms with E-state index in [1.165, 1.54) is 30.6 Å². The van der Waals surface area contributed by atoms with Gasteiger partial charge in [-0.1, -0.05) is 25.7 Å². The predicted octanol–water partition coefficient (Wildman–Crippen LogP) is 2.28. The van der Waals surface area contributed by atoms with E-state index in [1.807, 2.05) is 0 Å². The van der Waals surface area contributed by atoms with Crippen LogP contribution in [0.15, 0.2) is 0 Å². The molecule has 1 saturated carbocycles. The molecule has 0 heterocycles. The predicted molar refractivity (Wildman–Crippen MR) is 65.7 cm³/mol. The first kappa shape index (κ1) is 14.0. The number of carbonyl (C=O) groups is 2. The molecule has 1 N–H and O–H groups in total. The Hall–Kier alpha value is -1.06. The molecule has 0 aromatic heterocycles. The number of rotatable bonds is 7. The highest BCUT2D eigenvalue weighted by atomic mass is 16.4. The van der Waals surface area contributed by atoms with Gasteiger partial charge in [0.2, 0.25) is 5.91 Å². The molecule has 4 nitrogen and oxygen atoms in total. The van der Waals surface area contributed by atoms with Crippen molar-refractivity contribution in [1.82, 2.24) is 4.90 Å². The molecule has 1 aliphatic rings. The molecule has 4 heteroatoms. The molecule has 0 bridgehead atoms. The van der Waals surface area contributed by atoms with Crippen LogP contribution in [0.3, 0.4) is 0 Å². The molecule has 0 aromatic rings. The van der Waals surface area contributed by atoms with Crippen LogP contribution in [0.2, 0.25) is 0 Å². The van der Waals surface area contributed by atoms with Crippen molar-refractivity contribution >= 4 is 11.9 Å². The van der Waals surface area contributed by atoms with E-state index >= 15 is 0 Å². The highest BCUT2D eigenvalue weighted by Crippen LogP contribution is 2.28. The zero-order valence-electron chi connectivity index (χ0n) is 10.7. The Morgan fingerprint density at radius 2 is 1.88 bits per heavy atom. The fourth-order valence-electron chi connectivity index (χ4n) is 2.42. The van der Waals surface area contributed by atoms with Gasteiger partial charge in [-0.15, -0.1) is 0 Å². The highest BCUT2D eigenvalue weighted by Gasteiger charge is 2.16. The average molecular weight is 241 g/mol. The molecular formula is C13H23NO3. The van der Waals surface area contributed by atoms with E-state index in [0.29, 0.717) is 13.0 Å². The molecule has 1 rings (SSSR count). The minimum absolute atomic E-state index is 0.0326. The van der Waals surface area contributed by atoms with E-state index in [0.717, 1.165) is 18.8 Å². The van der Waals surface area contributed by atoms with Crippen molar-refractivity contribution in [2.75, 3.05) is 13.6 Å². The third kappa shape index (κ3) is 5.71. The summed E-state index contributed by atoms with van der Waals surface area (Å²) in [6.07, 6.45) is 8.03. The SMILES string of the molecule is CN(CCC(=O)O)C(=O)CCCC1CCCC1. The van der Waals surface area contributed by atoms with Crippen LogP contribution < -0.4 is 0 Å². The van der Waals surface area contributed by atoms with Crippen LogP contribution in [-0.2, 0) is 9.59 Å². The van der Waals surface area contributed by atoms with E-state index in [2.05, 4.69) is 0 Å². The van der Waals surface area contributed by atoms with Crippen LogP contribution in [0, 0.1) is 5.92 Å². The maximum absolute atomic E-state index is 11.7. The first-order chi connectivity index (χ1) is 8.09. The second kappa shape index (κ2) is 7.30. The standard InChI is InChI=1S/C13H23NO3/c1-14(10-9-13(16)17)12(15)8-4-7-11-5-2-3-6-11/h11H,2-10H2,1H3,(H,16,17). The van der Waals surface area contributed by atoms with Crippen LogP contribution in [0.25, 0.3) is 0 Å². The summed E-state index contributed by atoms with van der Waals surface area (Å²) in [5.41, 5.74) is 0. The lowest BCUT2D eigenvalue weighted by Crippen LogP contribution is -2.28. The van der Waals surface area contributed by atoms with Crippen molar-refractivity contribution in [1.29, 1.82) is 0 Å². The van der Waals surface area contributed by atoms with E-state index in [-0.39, 0.29) is 12.3 Å². The first-order valence-electron chi connectivity index (χ1n) is 6.55. The summed E-state index contributed by atoms with van der Waals surface area (Å²) in [7, 11) is 1.68. The highest BCUT2D eigenvalue weighted by molar-refractivity contribution is 5.76. The van der Waals surface area contributed by atoms with Crippen LogP contribution in [0.4, 0.5) is 0 Å². The number of hydrogen-bond donors (Lipinski definition) is 1. The average Bonchev–Trinajstić information content (AvgIpc) is 2.78. The Kier molecular flexibility index (Phi) is 6.01. The normalized spacial score (nSPS) is 16.1. The Labute approximate surface area is 103 Å².